The van der Waals surface area contributed by atoms with Gasteiger partial charge in [-0.15, -0.1) is 0 Å². The summed E-state index contributed by atoms with van der Waals surface area (Å²) in [6.45, 7) is 4.08. The highest BCUT2D eigenvalue weighted by Gasteiger charge is 2.20. The molecule has 1 rings (SSSR count). The van der Waals surface area contributed by atoms with Crippen molar-refractivity contribution in [3.63, 3.8) is 0 Å². The summed E-state index contributed by atoms with van der Waals surface area (Å²) in [5.41, 5.74) is 6.41. The number of ether oxygens (including phenoxy) is 2. The van der Waals surface area contributed by atoms with Crippen LogP contribution in [-0.4, -0.2) is 26.0 Å². The van der Waals surface area contributed by atoms with Crippen molar-refractivity contribution >= 4 is 5.78 Å². The molecule has 4 heteroatoms. The molecular weight excluding hydrogens is 230 g/mol. The Labute approximate surface area is 108 Å². The Bertz CT molecular complexity index is 416. The summed E-state index contributed by atoms with van der Waals surface area (Å²) >= 11 is 0. The van der Waals surface area contributed by atoms with Crippen LogP contribution in [0, 0.1) is 5.92 Å². The van der Waals surface area contributed by atoms with Gasteiger partial charge >= 0.3 is 0 Å². The summed E-state index contributed by atoms with van der Waals surface area (Å²) in [5, 5.41) is 0. The average molecular weight is 251 g/mol. The van der Waals surface area contributed by atoms with Crippen molar-refractivity contribution in [3.8, 4) is 11.5 Å². The lowest BCUT2D eigenvalue weighted by Crippen LogP contribution is -2.32. The summed E-state index contributed by atoms with van der Waals surface area (Å²) in [6.07, 6.45) is 0.661. The first kappa shape index (κ1) is 14.5. The Hall–Kier alpha value is -1.55. The molecule has 2 N–H and O–H groups in total. The minimum atomic E-state index is -0.493. The summed E-state index contributed by atoms with van der Waals surface area (Å²) in [6, 6.07) is 4.63. The highest BCUT2D eigenvalue weighted by Crippen LogP contribution is 2.26. The van der Waals surface area contributed by atoms with E-state index in [2.05, 4.69) is 0 Å². The molecule has 100 valence electrons. The number of nitrogens with two attached hydrogens (primary N) is 1. The lowest BCUT2D eigenvalue weighted by molar-refractivity contribution is 0.0948. The molecule has 0 bridgehead atoms. The number of methoxy groups -OCH3 is 2. The zero-order valence-corrected chi connectivity index (χ0v) is 11.4. The van der Waals surface area contributed by atoms with Crippen LogP contribution in [0.2, 0.25) is 0 Å². The van der Waals surface area contributed by atoms with Crippen molar-refractivity contribution in [1.82, 2.24) is 0 Å². The zero-order chi connectivity index (χ0) is 13.7. The van der Waals surface area contributed by atoms with Crippen LogP contribution in [0.3, 0.4) is 0 Å². The lowest BCUT2D eigenvalue weighted by Gasteiger charge is -2.15. The molecular formula is C14H21NO3. The first-order chi connectivity index (χ1) is 8.49. The molecule has 0 aliphatic carbocycles. The van der Waals surface area contributed by atoms with E-state index in [9.17, 15) is 4.79 Å². The Morgan fingerprint density at radius 3 is 2.44 bits per heavy atom. The van der Waals surface area contributed by atoms with E-state index in [1.165, 1.54) is 7.11 Å². The van der Waals surface area contributed by atoms with Crippen LogP contribution in [-0.2, 0) is 0 Å². The molecule has 1 aromatic carbocycles. The van der Waals surface area contributed by atoms with Crippen LogP contribution in [0.15, 0.2) is 18.2 Å². The molecule has 0 aromatic heterocycles. The van der Waals surface area contributed by atoms with E-state index in [1.807, 2.05) is 13.8 Å². The molecule has 1 aromatic rings. The Morgan fingerprint density at radius 2 is 1.94 bits per heavy atom. The van der Waals surface area contributed by atoms with Gasteiger partial charge < -0.3 is 15.2 Å². The van der Waals surface area contributed by atoms with E-state index in [0.29, 0.717) is 29.4 Å². The summed E-state index contributed by atoms with van der Waals surface area (Å²) in [4.78, 5) is 12.2. The van der Waals surface area contributed by atoms with Crippen LogP contribution < -0.4 is 15.2 Å². The van der Waals surface area contributed by atoms with Gasteiger partial charge in [0.05, 0.1) is 25.8 Å². The fraction of sp³-hybridized carbons (Fsp3) is 0.500. The number of carbonyl (C=O) groups is 1. The summed E-state index contributed by atoms with van der Waals surface area (Å²) in [7, 11) is 3.10. The quantitative estimate of drug-likeness (QED) is 0.788. The van der Waals surface area contributed by atoms with Gasteiger partial charge in [-0.2, -0.15) is 0 Å². The predicted octanol–water partition coefficient (Wildman–Crippen LogP) is 2.26. The van der Waals surface area contributed by atoms with Gasteiger partial charge in [0.15, 0.2) is 5.78 Å². The van der Waals surface area contributed by atoms with Gasteiger partial charge in [0.2, 0.25) is 0 Å². The summed E-state index contributed by atoms with van der Waals surface area (Å²) in [5.74, 6) is 1.44. The highest BCUT2D eigenvalue weighted by atomic mass is 16.5. The molecule has 0 fully saturated rings. The maximum Gasteiger partial charge on any atom is 0.183 e. The van der Waals surface area contributed by atoms with E-state index < -0.39 is 6.04 Å². The smallest absolute Gasteiger partial charge is 0.183 e. The number of Topliss-reactive ketones (excluding diaryl/α,β-unsaturated/α-hetero) is 1. The number of benzene rings is 1. The van der Waals surface area contributed by atoms with E-state index in [1.54, 1.807) is 25.3 Å². The van der Waals surface area contributed by atoms with Gasteiger partial charge in [-0.1, -0.05) is 13.8 Å². The van der Waals surface area contributed by atoms with Crippen molar-refractivity contribution in [2.24, 2.45) is 11.7 Å². The van der Waals surface area contributed by atoms with E-state index in [4.69, 9.17) is 15.2 Å². The molecule has 4 nitrogen and oxygen atoms in total. The monoisotopic (exact) mass is 251 g/mol. The standard InChI is InChI=1S/C14H21NO3/c1-9(2)7-12(15)14(16)11-6-5-10(17-3)8-13(11)18-4/h5-6,8-9,12H,7,15H2,1-4H3. The molecule has 0 amide bonds. The molecule has 1 atom stereocenters. The van der Waals surface area contributed by atoms with Gasteiger partial charge in [0.25, 0.3) is 0 Å². The fourth-order valence-electron chi connectivity index (χ4n) is 1.82. The van der Waals surface area contributed by atoms with Crippen LogP contribution in [0.25, 0.3) is 0 Å². The average Bonchev–Trinajstić information content (AvgIpc) is 2.36. The molecule has 0 saturated carbocycles. The van der Waals surface area contributed by atoms with E-state index >= 15 is 0 Å². The van der Waals surface area contributed by atoms with Gasteiger partial charge in [-0.3, -0.25) is 4.79 Å². The van der Waals surface area contributed by atoms with Crippen LogP contribution in [0.1, 0.15) is 30.6 Å². The normalized spacial score (nSPS) is 12.3. The molecule has 0 radical (unpaired) electrons. The van der Waals surface area contributed by atoms with Crippen molar-refractivity contribution < 1.29 is 14.3 Å². The van der Waals surface area contributed by atoms with Crippen LogP contribution in [0.4, 0.5) is 0 Å². The fourth-order valence-corrected chi connectivity index (χ4v) is 1.82. The van der Waals surface area contributed by atoms with Gasteiger partial charge in [0, 0.05) is 6.07 Å². The molecule has 0 saturated heterocycles. The van der Waals surface area contributed by atoms with Gasteiger partial charge in [-0.05, 0) is 24.5 Å². The van der Waals surface area contributed by atoms with Crippen LogP contribution in [0.5, 0.6) is 11.5 Å². The third-order valence-electron chi connectivity index (χ3n) is 2.74. The third kappa shape index (κ3) is 3.47. The third-order valence-corrected chi connectivity index (χ3v) is 2.74. The van der Waals surface area contributed by atoms with Gasteiger partial charge in [0.1, 0.15) is 11.5 Å². The first-order valence-electron chi connectivity index (χ1n) is 6.01. The minimum absolute atomic E-state index is 0.0943. The number of hydrogen-bond acceptors (Lipinski definition) is 4. The SMILES string of the molecule is COc1ccc(C(=O)C(N)CC(C)C)c(OC)c1. The van der Waals surface area contributed by atoms with Crippen molar-refractivity contribution in [2.45, 2.75) is 26.3 Å². The maximum absolute atomic E-state index is 12.2. The molecule has 0 heterocycles. The number of carbonyl (C=O) groups excluding carboxylic acids is 1. The number of hydrogen-bond donors (Lipinski definition) is 1. The van der Waals surface area contributed by atoms with Crippen molar-refractivity contribution in [3.05, 3.63) is 23.8 Å². The Kier molecular flexibility index (Phi) is 5.16. The Balaban J connectivity index is 2.98. The number of ketones is 1. The topological polar surface area (TPSA) is 61.5 Å². The second-order valence-electron chi connectivity index (χ2n) is 4.67. The molecule has 18 heavy (non-hydrogen) atoms. The highest BCUT2D eigenvalue weighted by molar-refractivity contribution is 6.02. The molecule has 0 spiro atoms. The van der Waals surface area contributed by atoms with E-state index in [0.717, 1.165) is 0 Å². The second kappa shape index (κ2) is 6.40. The van der Waals surface area contributed by atoms with Crippen LogP contribution >= 0.6 is 0 Å². The lowest BCUT2D eigenvalue weighted by atomic mass is 9.96. The second-order valence-corrected chi connectivity index (χ2v) is 4.67. The number of rotatable bonds is 6. The zero-order valence-electron chi connectivity index (χ0n) is 11.4. The van der Waals surface area contributed by atoms with Crippen molar-refractivity contribution in [1.29, 1.82) is 0 Å². The largest absolute Gasteiger partial charge is 0.497 e. The Morgan fingerprint density at radius 1 is 1.28 bits per heavy atom. The molecule has 0 aliphatic rings. The maximum atomic E-state index is 12.2. The molecule has 1 unspecified atom stereocenters. The van der Waals surface area contributed by atoms with Gasteiger partial charge in [-0.25, -0.2) is 0 Å². The summed E-state index contributed by atoms with van der Waals surface area (Å²) < 4.78 is 10.3. The predicted molar refractivity (Wildman–Crippen MR) is 71.3 cm³/mol. The van der Waals surface area contributed by atoms with E-state index in [-0.39, 0.29) is 5.78 Å². The van der Waals surface area contributed by atoms with Crippen molar-refractivity contribution in [2.75, 3.05) is 14.2 Å². The first-order valence-corrected chi connectivity index (χ1v) is 6.01. The minimum Gasteiger partial charge on any atom is -0.497 e. The molecule has 0 aliphatic heterocycles.